The fraction of sp³-hybridized carbons (Fsp3) is 0.214. The minimum Gasteiger partial charge on any atom is -0.497 e. The molecule has 0 fully saturated rings. The molecular formula is C14H14N2O4. The van der Waals surface area contributed by atoms with Crippen molar-refractivity contribution >= 4 is 23.1 Å². The molecule has 1 aromatic heterocycles. The van der Waals surface area contributed by atoms with E-state index in [2.05, 4.69) is 5.32 Å². The number of hydrogen-bond donors (Lipinski definition) is 1. The highest BCUT2D eigenvalue weighted by molar-refractivity contribution is 6.06. The van der Waals surface area contributed by atoms with Gasteiger partial charge in [0.2, 0.25) is 0 Å². The lowest BCUT2D eigenvalue weighted by molar-refractivity contribution is -0.108. The third-order valence-electron chi connectivity index (χ3n) is 3.05. The van der Waals surface area contributed by atoms with E-state index in [4.69, 9.17) is 4.74 Å². The number of carbonyl (C=O) groups excluding carboxylic acids is 2. The zero-order valence-corrected chi connectivity index (χ0v) is 11.2. The van der Waals surface area contributed by atoms with Gasteiger partial charge in [-0.05, 0) is 12.1 Å². The number of fused-ring (bicyclic) bond motifs is 1. The zero-order valence-electron chi connectivity index (χ0n) is 11.2. The van der Waals surface area contributed by atoms with E-state index in [1.807, 2.05) is 0 Å². The molecule has 6 heteroatoms. The summed E-state index contributed by atoms with van der Waals surface area (Å²) in [7, 11) is 3.00. The van der Waals surface area contributed by atoms with Gasteiger partial charge in [-0.3, -0.25) is 9.59 Å². The number of carbonyl (C=O) groups is 2. The minimum absolute atomic E-state index is 0.0729. The second kappa shape index (κ2) is 5.56. The molecule has 2 aromatic rings. The predicted octanol–water partition coefficient (Wildman–Crippen LogP) is 0.569. The summed E-state index contributed by atoms with van der Waals surface area (Å²) >= 11 is 0. The Morgan fingerprint density at radius 1 is 1.40 bits per heavy atom. The number of nitrogens with one attached hydrogen (secondary N) is 1. The van der Waals surface area contributed by atoms with E-state index in [-0.39, 0.29) is 18.0 Å². The Hall–Kier alpha value is -2.63. The molecule has 1 aromatic carbocycles. The predicted molar refractivity (Wildman–Crippen MR) is 74.2 cm³/mol. The van der Waals surface area contributed by atoms with Gasteiger partial charge in [-0.25, -0.2) is 0 Å². The number of methoxy groups -OCH3 is 1. The van der Waals surface area contributed by atoms with Crippen LogP contribution < -0.4 is 15.6 Å². The average molecular weight is 274 g/mol. The monoisotopic (exact) mass is 274 g/mol. The number of pyridine rings is 1. The first kappa shape index (κ1) is 13.8. The molecule has 0 aliphatic rings. The summed E-state index contributed by atoms with van der Waals surface area (Å²) in [5.41, 5.74) is 0.358. The van der Waals surface area contributed by atoms with Crippen LogP contribution in [-0.4, -0.2) is 30.9 Å². The zero-order chi connectivity index (χ0) is 14.7. The van der Waals surface area contributed by atoms with Crippen molar-refractivity contribution < 1.29 is 14.3 Å². The average Bonchev–Trinajstić information content (AvgIpc) is 2.48. The number of aromatic nitrogens is 1. The van der Waals surface area contributed by atoms with E-state index in [1.54, 1.807) is 18.2 Å². The second-order valence-electron chi connectivity index (χ2n) is 4.14. The maximum atomic E-state index is 12.0. The highest BCUT2D eigenvalue weighted by Gasteiger charge is 2.14. The quantitative estimate of drug-likeness (QED) is 0.827. The molecule has 0 saturated heterocycles. The van der Waals surface area contributed by atoms with Gasteiger partial charge in [-0.15, -0.1) is 0 Å². The Labute approximate surface area is 115 Å². The van der Waals surface area contributed by atoms with E-state index in [9.17, 15) is 14.4 Å². The molecule has 0 radical (unpaired) electrons. The van der Waals surface area contributed by atoms with Crippen molar-refractivity contribution in [3.63, 3.8) is 0 Å². The van der Waals surface area contributed by atoms with Gasteiger partial charge >= 0.3 is 0 Å². The fourth-order valence-electron chi connectivity index (χ4n) is 2.07. The molecule has 6 nitrogen and oxygen atoms in total. The van der Waals surface area contributed by atoms with Gasteiger partial charge in [0.15, 0.2) is 0 Å². The Kier molecular flexibility index (Phi) is 3.84. The minimum atomic E-state index is -0.406. The Bertz CT molecular complexity index is 734. The molecule has 2 rings (SSSR count). The largest absolute Gasteiger partial charge is 0.497 e. The SMILES string of the molecule is CNC(=O)c1cc(=O)n(CC=O)c2cc(OC)ccc12. The second-order valence-corrected chi connectivity index (χ2v) is 4.14. The van der Waals surface area contributed by atoms with Crippen LogP contribution in [0.2, 0.25) is 0 Å². The van der Waals surface area contributed by atoms with Crippen LogP contribution in [0.4, 0.5) is 0 Å². The van der Waals surface area contributed by atoms with E-state index in [0.29, 0.717) is 22.9 Å². The molecule has 0 atom stereocenters. The highest BCUT2D eigenvalue weighted by atomic mass is 16.5. The molecule has 0 unspecified atom stereocenters. The van der Waals surface area contributed by atoms with Crippen LogP contribution in [0.1, 0.15) is 10.4 Å². The van der Waals surface area contributed by atoms with E-state index >= 15 is 0 Å². The van der Waals surface area contributed by atoms with Crippen molar-refractivity contribution in [2.24, 2.45) is 0 Å². The van der Waals surface area contributed by atoms with Crippen molar-refractivity contribution in [1.82, 2.24) is 9.88 Å². The summed E-state index contributed by atoms with van der Waals surface area (Å²) < 4.78 is 6.42. The van der Waals surface area contributed by atoms with Crippen LogP contribution in [0.25, 0.3) is 10.9 Å². The number of benzene rings is 1. The first-order valence-corrected chi connectivity index (χ1v) is 5.99. The summed E-state index contributed by atoms with van der Waals surface area (Å²) in [6.07, 6.45) is 0.639. The van der Waals surface area contributed by atoms with Gasteiger partial charge in [0.05, 0.1) is 24.7 Å². The number of ether oxygens (including phenoxy) is 1. The third-order valence-corrected chi connectivity index (χ3v) is 3.05. The number of hydrogen-bond acceptors (Lipinski definition) is 4. The van der Waals surface area contributed by atoms with Gasteiger partial charge in [-0.1, -0.05) is 0 Å². The molecule has 20 heavy (non-hydrogen) atoms. The highest BCUT2D eigenvalue weighted by Crippen LogP contribution is 2.22. The van der Waals surface area contributed by atoms with Crippen LogP contribution in [0.3, 0.4) is 0 Å². The Balaban J connectivity index is 2.86. The van der Waals surface area contributed by atoms with Crippen molar-refractivity contribution in [2.45, 2.75) is 6.54 Å². The molecule has 0 aliphatic heterocycles. The maximum absolute atomic E-state index is 12.0. The maximum Gasteiger partial charge on any atom is 0.252 e. The van der Waals surface area contributed by atoms with Gasteiger partial charge in [0.1, 0.15) is 12.0 Å². The van der Waals surface area contributed by atoms with Crippen LogP contribution in [0.5, 0.6) is 5.75 Å². The first-order valence-electron chi connectivity index (χ1n) is 5.99. The van der Waals surface area contributed by atoms with Crippen molar-refractivity contribution in [3.8, 4) is 5.75 Å². The van der Waals surface area contributed by atoms with Gasteiger partial charge in [0, 0.05) is 24.6 Å². The van der Waals surface area contributed by atoms with Crippen molar-refractivity contribution in [1.29, 1.82) is 0 Å². The lowest BCUT2D eigenvalue weighted by Gasteiger charge is -2.12. The normalized spacial score (nSPS) is 10.3. The lowest BCUT2D eigenvalue weighted by Crippen LogP contribution is -2.26. The van der Waals surface area contributed by atoms with E-state index < -0.39 is 5.56 Å². The van der Waals surface area contributed by atoms with Gasteiger partial charge < -0.3 is 19.4 Å². The van der Waals surface area contributed by atoms with Crippen LogP contribution in [0.15, 0.2) is 29.1 Å². The Morgan fingerprint density at radius 3 is 2.75 bits per heavy atom. The molecule has 104 valence electrons. The van der Waals surface area contributed by atoms with Crippen LogP contribution in [-0.2, 0) is 11.3 Å². The van der Waals surface area contributed by atoms with Gasteiger partial charge in [0.25, 0.3) is 11.5 Å². The summed E-state index contributed by atoms with van der Waals surface area (Å²) in [5.74, 6) is 0.195. The molecule has 0 spiro atoms. The van der Waals surface area contributed by atoms with Gasteiger partial charge in [-0.2, -0.15) is 0 Å². The van der Waals surface area contributed by atoms with E-state index in [1.165, 1.54) is 24.8 Å². The summed E-state index contributed by atoms with van der Waals surface area (Å²) in [6, 6.07) is 6.26. The number of nitrogens with zero attached hydrogens (tertiary/aromatic N) is 1. The van der Waals surface area contributed by atoms with Crippen LogP contribution >= 0.6 is 0 Å². The third kappa shape index (κ3) is 2.27. The molecule has 0 bridgehead atoms. The number of rotatable bonds is 4. The summed E-state index contributed by atoms with van der Waals surface area (Å²) in [5, 5.41) is 3.08. The molecule has 0 saturated carbocycles. The summed E-state index contributed by atoms with van der Waals surface area (Å²) in [4.78, 5) is 34.6. The number of aldehydes is 1. The first-order chi connectivity index (χ1) is 9.62. The smallest absolute Gasteiger partial charge is 0.252 e. The Morgan fingerprint density at radius 2 is 2.15 bits per heavy atom. The van der Waals surface area contributed by atoms with Crippen molar-refractivity contribution in [3.05, 3.63) is 40.2 Å². The number of amides is 1. The fourth-order valence-corrected chi connectivity index (χ4v) is 2.07. The standard InChI is InChI=1S/C14H14N2O4/c1-15-14(19)11-8-13(18)16(5-6-17)12-7-9(20-2)3-4-10(11)12/h3-4,6-8H,5H2,1-2H3,(H,15,19). The van der Waals surface area contributed by atoms with E-state index in [0.717, 1.165) is 0 Å². The topological polar surface area (TPSA) is 77.4 Å². The molecule has 0 aliphatic carbocycles. The molecular weight excluding hydrogens is 260 g/mol. The molecule has 1 amide bonds. The molecule has 1 heterocycles. The van der Waals surface area contributed by atoms with Crippen molar-refractivity contribution in [2.75, 3.05) is 14.2 Å². The summed E-state index contributed by atoms with van der Waals surface area (Å²) in [6.45, 7) is -0.0729. The lowest BCUT2D eigenvalue weighted by atomic mass is 10.1. The molecule has 1 N–H and O–H groups in total. The van der Waals surface area contributed by atoms with Crippen LogP contribution in [0, 0.1) is 0 Å².